The Morgan fingerprint density at radius 1 is 1.39 bits per heavy atom. The predicted molar refractivity (Wildman–Crippen MR) is 64.3 cm³/mol. The lowest BCUT2D eigenvalue weighted by atomic mass is 10.1. The summed E-state index contributed by atoms with van der Waals surface area (Å²) >= 11 is 0. The Kier molecular flexibility index (Phi) is 5.22. The van der Waals surface area contributed by atoms with Crippen LogP contribution < -0.4 is 5.32 Å². The van der Waals surface area contributed by atoms with E-state index in [0.717, 1.165) is 0 Å². The highest BCUT2D eigenvalue weighted by Gasteiger charge is 2.16. The zero-order chi connectivity index (χ0) is 13.7. The fraction of sp³-hybridized carbons (Fsp3) is 0.462. The van der Waals surface area contributed by atoms with E-state index in [1.54, 1.807) is 6.92 Å². The van der Waals surface area contributed by atoms with Gasteiger partial charge in [-0.1, -0.05) is 0 Å². The van der Waals surface area contributed by atoms with Crippen molar-refractivity contribution in [1.82, 2.24) is 5.32 Å². The van der Waals surface area contributed by atoms with Crippen LogP contribution in [0.15, 0.2) is 12.1 Å². The van der Waals surface area contributed by atoms with E-state index in [-0.39, 0.29) is 23.8 Å². The maximum Gasteiger partial charge on any atom is 0.254 e. The third-order valence-corrected chi connectivity index (χ3v) is 2.67. The lowest BCUT2D eigenvalue weighted by Crippen LogP contribution is -2.33. The van der Waals surface area contributed by atoms with E-state index >= 15 is 0 Å². The summed E-state index contributed by atoms with van der Waals surface area (Å²) < 4.78 is 26.5. The fourth-order valence-electron chi connectivity index (χ4n) is 1.60. The van der Waals surface area contributed by atoms with Gasteiger partial charge in [0.15, 0.2) is 0 Å². The first kappa shape index (κ1) is 14.6. The van der Waals surface area contributed by atoms with Gasteiger partial charge in [0.25, 0.3) is 5.91 Å². The summed E-state index contributed by atoms with van der Waals surface area (Å²) in [4.78, 5) is 11.8. The van der Waals surface area contributed by atoms with Gasteiger partial charge in [0.05, 0.1) is 5.56 Å². The molecule has 0 fully saturated rings. The summed E-state index contributed by atoms with van der Waals surface area (Å²) in [6.07, 6.45) is 1.16. The Balaban J connectivity index is 2.75. The molecular weight excluding hydrogens is 240 g/mol. The number of carbonyl (C=O) groups is 1. The van der Waals surface area contributed by atoms with E-state index in [2.05, 4.69) is 5.32 Å². The number of hydrogen-bond donors (Lipinski definition) is 2. The molecule has 0 aliphatic heterocycles. The maximum absolute atomic E-state index is 13.4. The second-order valence-electron chi connectivity index (χ2n) is 4.32. The summed E-state index contributed by atoms with van der Waals surface area (Å²) in [7, 11) is 0. The van der Waals surface area contributed by atoms with Crippen LogP contribution in [0.1, 0.15) is 35.7 Å². The molecule has 0 radical (unpaired) electrons. The smallest absolute Gasteiger partial charge is 0.254 e. The van der Waals surface area contributed by atoms with E-state index < -0.39 is 17.5 Å². The normalized spacial score (nSPS) is 12.3. The zero-order valence-corrected chi connectivity index (χ0v) is 10.5. The highest BCUT2D eigenvalue weighted by Crippen LogP contribution is 2.14. The largest absolute Gasteiger partial charge is 0.396 e. The molecule has 1 atom stereocenters. The molecule has 0 saturated heterocycles. The number of halogens is 2. The van der Waals surface area contributed by atoms with Crippen molar-refractivity contribution in [2.45, 2.75) is 32.7 Å². The minimum atomic E-state index is -0.870. The molecule has 2 N–H and O–H groups in total. The van der Waals surface area contributed by atoms with Crippen LogP contribution in [-0.2, 0) is 0 Å². The standard InChI is InChI=1S/C13H17F2NO2/c1-8-6-10(12(15)7-11(8)14)13(18)16-9(2)4-3-5-17/h6-7,9,17H,3-5H2,1-2H3,(H,16,18). The van der Waals surface area contributed by atoms with Gasteiger partial charge in [0, 0.05) is 18.7 Å². The minimum Gasteiger partial charge on any atom is -0.396 e. The molecule has 1 aromatic rings. The highest BCUT2D eigenvalue weighted by molar-refractivity contribution is 5.94. The van der Waals surface area contributed by atoms with Gasteiger partial charge < -0.3 is 10.4 Å². The van der Waals surface area contributed by atoms with Crippen LogP contribution in [0.3, 0.4) is 0 Å². The van der Waals surface area contributed by atoms with Gasteiger partial charge in [-0.15, -0.1) is 0 Å². The van der Waals surface area contributed by atoms with Crippen molar-refractivity contribution >= 4 is 5.91 Å². The average Bonchev–Trinajstić information content (AvgIpc) is 2.31. The molecule has 0 aliphatic rings. The van der Waals surface area contributed by atoms with Gasteiger partial charge >= 0.3 is 0 Å². The number of amides is 1. The number of hydrogen-bond acceptors (Lipinski definition) is 2. The SMILES string of the molecule is Cc1cc(C(=O)NC(C)CCCO)c(F)cc1F. The molecule has 0 saturated carbocycles. The Hall–Kier alpha value is -1.49. The van der Waals surface area contributed by atoms with Crippen LogP contribution >= 0.6 is 0 Å². The molecule has 18 heavy (non-hydrogen) atoms. The van der Waals surface area contributed by atoms with Gasteiger partial charge in [-0.3, -0.25) is 4.79 Å². The summed E-state index contributed by atoms with van der Waals surface area (Å²) in [6.45, 7) is 3.28. The molecule has 100 valence electrons. The number of nitrogens with one attached hydrogen (secondary N) is 1. The van der Waals surface area contributed by atoms with E-state index in [0.29, 0.717) is 18.9 Å². The summed E-state index contributed by atoms with van der Waals surface area (Å²) in [6, 6.07) is 1.73. The molecule has 5 heteroatoms. The average molecular weight is 257 g/mol. The number of aliphatic hydroxyl groups is 1. The minimum absolute atomic E-state index is 0.0459. The second kappa shape index (κ2) is 6.44. The van der Waals surface area contributed by atoms with E-state index in [1.807, 2.05) is 0 Å². The van der Waals surface area contributed by atoms with E-state index in [9.17, 15) is 13.6 Å². The van der Waals surface area contributed by atoms with Gasteiger partial charge in [0.1, 0.15) is 11.6 Å². The quantitative estimate of drug-likeness (QED) is 0.849. The van der Waals surface area contributed by atoms with Crippen LogP contribution in [0, 0.1) is 18.6 Å². The molecule has 0 aromatic heterocycles. The lowest BCUT2D eigenvalue weighted by Gasteiger charge is -2.14. The first-order chi connectivity index (χ1) is 8.45. The van der Waals surface area contributed by atoms with Crippen LogP contribution in [-0.4, -0.2) is 23.7 Å². The molecular formula is C13H17F2NO2. The molecule has 0 heterocycles. The predicted octanol–water partition coefficient (Wildman–Crippen LogP) is 2.16. The van der Waals surface area contributed by atoms with Gasteiger partial charge in [-0.2, -0.15) is 0 Å². The van der Waals surface area contributed by atoms with Gasteiger partial charge in [-0.05, 0) is 38.3 Å². The number of rotatable bonds is 5. The second-order valence-corrected chi connectivity index (χ2v) is 4.32. The maximum atomic E-state index is 13.4. The zero-order valence-electron chi connectivity index (χ0n) is 10.5. The number of benzene rings is 1. The van der Waals surface area contributed by atoms with Crippen LogP contribution in [0.25, 0.3) is 0 Å². The first-order valence-corrected chi connectivity index (χ1v) is 5.83. The topological polar surface area (TPSA) is 49.3 Å². The monoisotopic (exact) mass is 257 g/mol. The summed E-state index contributed by atoms with van der Waals surface area (Å²) in [5.74, 6) is -2.11. The first-order valence-electron chi connectivity index (χ1n) is 5.83. The molecule has 1 rings (SSSR count). The van der Waals surface area contributed by atoms with E-state index in [1.165, 1.54) is 13.0 Å². The van der Waals surface area contributed by atoms with Crippen molar-refractivity contribution < 1.29 is 18.7 Å². The Morgan fingerprint density at radius 3 is 2.67 bits per heavy atom. The van der Waals surface area contributed by atoms with Crippen molar-refractivity contribution in [2.75, 3.05) is 6.61 Å². The molecule has 3 nitrogen and oxygen atoms in total. The molecule has 1 unspecified atom stereocenters. The molecule has 0 spiro atoms. The third kappa shape index (κ3) is 3.77. The Morgan fingerprint density at radius 2 is 2.06 bits per heavy atom. The molecule has 1 aromatic carbocycles. The lowest BCUT2D eigenvalue weighted by molar-refractivity contribution is 0.0932. The Labute approximate surface area is 105 Å². The number of carbonyl (C=O) groups excluding carboxylic acids is 1. The van der Waals surface area contributed by atoms with Crippen molar-refractivity contribution in [1.29, 1.82) is 0 Å². The summed E-state index contributed by atoms with van der Waals surface area (Å²) in [5, 5.41) is 11.3. The Bertz CT molecular complexity index is 435. The van der Waals surface area contributed by atoms with Crippen LogP contribution in [0.4, 0.5) is 8.78 Å². The highest BCUT2D eigenvalue weighted by atomic mass is 19.1. The van der Waals surface area contributed by atoms with E-state index in [4.69, 9.17) is 5.11 Å². The molecule has 0 aliphatic carbocycles. The number of aliphatic hydroxyl groups excluding tert-OH is 1. The van der Waals surface area contributed by atoms with Gasteiger partial charge in [0.2, 0.25) is 0 Å². The van der Waals surface area contributed by atoms with Gasteiger partial charge in [-0.25, -0.2) is 8.78 Å². The number of aryl methyl sites for hydroxylation is 1. The fourth-order valence-corrected chi connectivity index (χ4v) is 1.60. The molecule has 1 amide bonds. The van der Waals surface area contributed by atoms with Crippen molar-refractivity contribution in [3.05, 3.63) is 34.9 Å². The van der Waals surface area contributed by atoms with Crippen molar-refractivity contribution in [3.8, 4) is 0 Å². The van der Waals surface area contributed by atoms with Crippen molar-refractivity contribution in [2.24, 2.45) is 0 Å². The molecule has 0 bridgehead atoms. The van der Waals surface area contributed by atoms with Crippen molar-refractivity contribution in [3.63, 3.8) is 0 Å². The van der Waals surface area contributed by atoms with Crippen LogP contribution in [0.2, 0.25) is 0 Å². The third-order valence-electron chi connectivity index (χ3n) is 2.67. The van der Waals surface area contributed by atoms with Crippen LogP contribution in [0.5, 0.6) is 0 Å². The summed E-state index contributed by atoms with van der Waals surface area (Å²) in [5.41, 5.74) is 0.0642.